The summed E-state index contributed by atoms with van der Waals surface area (Å²) in [4.78, 5) is 2.69. The van der Waals surface area contributed by atoms with Gasteiger partial charge in [0.05, 0.1) is 0 Å². The molecule has 3 rings (SSSR count). The zero-order chi connectivity index (χ0) is 12.2. The zero-order valence-corrected chi connectivity index (χ0v) is 11.2. The Morgan fingerprint density at radius 3 is 2.67 bits per heavy atom. The molecule has 0 aromatic heterocycles. The summed E-state index contributed by atoms with van der Waals surface area (Å²) in [5.74, 6) is 0.737. The molecule has 2 aliphatic heterocycles. The van der Waals surface area contributed by atoms with Gasteiger partial charge < -0.3 is 10.2 Å². The maximum atomic E-state index is 3.52. The second-order valence-electron chi connectivity index (χ2n) is 5.71. The van der Waals surface area contributed by atoms with Crippen LogP contribution in [0.15, 0.2) is 24.3 Å². The maximum Gasteiger partial charge on any atom is 0.0376 e. The SMILES string of the molecule is c1ccc2c(c1)NCCC2CN1CCCCCC1. The summed E-state index contributed by atoms with van der Waals surface area (Å²) in [6.45, 7) is 5.02. The standard InChI is InChI=1S/C16H24N2/c1-2-6-12-18(11-5-1)13-14-9-10-17-16-8-4-3-7-15(14)16/h3-4,7-8,14,17H,1-2,5-6,9-13H2. The van der Waals surface area contributed by atoms with Crippen molar-refractivity contribution in [3.8, 4) is 0 Å². The van der Waals surface area contributed by atoms with Crippen LogP contribution < -0.4 is 5.32 Å². The first-order valence-corrected chi connectivity index (χ1v) is 7.48. The second kappa shape index (κ2) is 5.75. The highest BCUT2D eigenvalue weighted by Gasteiger charge is 2.22. The molecule has 1 unspecified atom stereocenters. The number of fused-ring (bicyclic) bond motifs is 1. The molecule has 1 atom stereocenters. The van der Waals surface area contributed by atoms with Crippen molar-refractivity contribution in [1.29, 1.82) is 0 Å². The van der Waals surface area contributed by atoms with E-state index < -0.39 is 0 Å². The maximum absolute atomic E-state index is 3.52. The molecule has 0 bridgehead atoms. The van der Waals surface area contributed by atoms with Gasteiger partial charge in [0, 0.05) is 24.7 Å². The molecule has 1 fully saturated rings. The Morgan fingerprint density at radius 2 is 1.83 bits per heavy atom. The van der Waals surface area contributed by atoms with Gasteiger partial charge in [0.2, 0.25) is 0 Å². The van der Waals surface area contributed by atoms with Crippen LogP contribution in [0.3, 0.4) is 0 Å². The Morgan fingerprint density at radius 1 is 1.06 bits per heavy atom. The van der Waals surface area contributed by atoms with Gasteiger partial charge in [-0.2, -0.15) is 0 Å². The van der Waals surface area contributed by atoms with E-state index >= 15 is 0 Å². The quantitative estimate of drug-likeness (QED) is 0.857. The number of rotatable bonds is 2. The molecular formula is C16H24N2. The minimum Gasteiger partial charge on any atom is -0.385 e. The molecule has 98 valence electrons. The van der Waals surface area contributed by atoms with Gasteiger partial charge in [-0.3, -0.25) is 0 Å². The summed E-state index contributed by atoms with van der Waals surface area (Å²) in [5, 5.41) is 3.52. The first-order valence-electron chi connectivity index (χ1n) is 7.48. The highest BCUT2D eigenvalue weighted by molar-refractivity contribution is 5.54. The van der Waals surface area contributed by atoms with Gasteiger partial charge in [0.15, 0.2) is 0 Å². The molecule has 1 N–H and O–H groups in total. The average molecular weight is 244 g/mol. The lowest BCUT2D eigenvalue weighted by atomic mass is 9.90. The highest BCUT2D eigenvalue weighted by atomic mass is 15.1. The van der Waals surface area contributed by atoms with E-state index in [1.807, 2.05) is 0 Å². The number of nitrogens with zero attached hydrogens (tertiary/aromatic N) is 1. The number of benzene rings is 1. The first-order chi connectivity index (χ1) is 8.93. The monoisotopic (exact) mass is 244 g/mol. The van der Waals surface area contributed by atoms with E-state index in [0.29, 0.717) is 0 Å². The van der Waals surface area contributed by atoms with Gasteiger partial charge in [-0.05, 0) is 44.0 Å². The van der Waals surface area contributed by atoms with Crippen LogP contribution in [0.25, 0.3) is 0 Å². The Kier molecular flexibility index (Phi) is 3.84. The van der Waals surface area contributed by atoms with Crippen molar-refractivity contribution in [2.75, 3.05) is 31.5 Å². The molecule has 2 heterocycles. The summed E-state index contributed by atoms with van der Waals surface area (Å²) in [5.41, 5.74) is 2.90. The average Bonchev–Trinajstić information content (AvgIpc) is 2.68. The van der Waals surface area contributed by atoms with E-state index in [4.69, 9.17) is 0 Å². The van der Waals surface area contributed by atoms with E-state index in [1.165, 1.54) is 63.0 Å². The Hall–Kier alpha value is -1.02. The van der Waals surface area contributed by atoms with Crippen LogP contribution in [0.1, 0.15) is 43.6 Å². The Balaban J connectivity index is 1.69. The van der Waals surface area contributed by atoms with Crippen LogP contribution in [0.2, 0.25) is 0 Å². The summed E-state index contributed by atoms with van der Waals surface area (Å²) >= 11 is 0. The lowest BCUT2D eigenvalue weighted by molar-refractivity contribution is 0.262. The van der Waals surface area contributed by atoms with Gasteiger partial charge in [0.1, 0.15) is 0 Å². The van der Waals surface area contributed by atoms with Crippen molar-refractivity contribution in [2.24, 2.45) is 0 Å². The van der Waals surface area contributed by atoms with Crippen molar-refractivity contribution in [1.82, 2.24) is 4.90 Å². The molecule has 2 heteroatoms. The topological polar surface area (TPSA) is 15.3 Å². The number of likely N-dealkylation sites (tertiary alicyclic amines) is 1. The lowest BCUT2D eigenvalue weighted by Crippen LogP contribution is -2.32. The van der Waals surface area contributed by atoms with Crippen LogP contribution in [0.5, 0.6) is 0 Å². The number of hydrogen-bond acceptors (Lipinski definition) is 2. The molecule has 18 heavy (non-hydrogen) atoms. The first kappa shape index (κ1) is 12.0. The predicted octanol–water partition coefficient (Wildman–Crippen LogP) is 3.46. The van der Waals surface area contributed by atoms with Gasteiger partial charge in [-0.1, -0.05) is 31.0 Å². The Labute approximate surface area is 110 Å². The van der Waals surface area contributed by atoms with E-state index in [2.05, 4.69) is 34.5 Å². The molecule has 1 saturated heterocycles. The smallest absolute Gasteiger partial charge is 0.0376 e. The molecule has 0 saturated carbocycles. The number of nitrogens with one attached hydrogen (secondary N) is 1. The van der Waals surface area contributed by atoms with E-state index in [0.717, 1.165) is 12.5 Å². The third-order valence-corrected chi connectivity index (χ3v) is 4.39. The predicted molar refractivity (Wildman–Crippen MR) is 77.2 cm³/mol. The number of anilines is 1. The zero-order valence-electron chi connectivity index (χ0n) is 11.2. The largest absolute Gasteiger partial charge is 0.385 e. The molecule has 1 aromatic carbocycles. The summed E-state index contributed by atoms with van der Waals surface area (Å²) in [7, 11) is 0. The van der Waals surface area contributed by atoms with E-state index in [-0.39, 0.29) is 0 Å². The highest BCUT2D eigenvalue weighted by Crippen LogP contribution is 2.32. The molecule has 0 aliphatic carbocycles. The van der Waals surface area contributed by atoms with Crippen molar-refractivity contribution in [3.05, 3.63) is 29.8 Å². The van der Waals surface area contributed by atoms with Crippen LogP contribution in [0, 0.1) is 0 Å². The minimum absolute atomic E-state index is 0.737. The fourth-order valence-corrected chi connectivity index (χ4v) is 3.37. The molecule has 2 nitrogen and oxygen atoms in total. The van der Waals surface area contributed by atoms with Crippen LogP contribution in [0.4, 0.5) is 5.69 Å². The number of para-hydroxylation sites is 1. The van der Waals surface area contributed by atoms with E-state index in [9.17, 15) is 0 Å². The van der Waals surface area contributed by atoms with Crippen molar-refractivity contribution < 1.29 is 0 Å². The summed E-state index contributed by atoms with van der Waals surface area (Å²) in [6, 6.07) is 8.86. The second-order valence-corrected chi connectivity index (χ2v) is 5.71. The fraction of sp³-hybridized carbons (Fsp3) is 0.625. The lowest BCUT2D eigenvalue weighted by Gasteiger charge is -2.31. The van der Waals surface area contributed by atoms with Crippen molar-refractivity contribution in [2.45, 2.75) is 38.0 Å². The normalized spacial score (nSPS) is 25.0. The minimum atomic E-state index is 0.737. The van der Waals surface area contributed by atoms with Crippen LogP contribution in [-0.4, -0.2) is 31.1 Å². The molecule has 0 spiro atoms. The van der Waals surface area contributed by atoms with Gasteiger partial charge in [0.25, 0.3) is 0 Å². The summed E-state index contributed by atoms with van der Waals surface area (Å²) in [6.07, 6.45) is 6.94. The molecule has 2 aliphatic rings. The van der Waals surface area contributed by atoms with Crippen molar-refractivity contribution in [3.63, 3.8) is 0 Å². The summed E-state index contributed by atoms with van der Waals surface area (Å²) < 4.78 is 0. The van der Waals surface area contributed by atoms with Crippen molar-refractivity contribution >= 4 is 5.69 Å². The molecule has 1 aromatic rings. The molecule has 0 radical (unpaired) electrons. The van der Waals surface area contributed by atoms with E-state index in [1.54, 1.807) is 0 Å². The van der Waals surface area contributed by atoms with Gasteiger partial charge in [-0.15, -0.1) is 0 Å². The molecular weight excluding hydrogens is 220 g/mol. The van der Waals surface area contributed by atoms with Gasteiger partial charge in [-0.25, -0.2) is 0 Å². The molecule has 0 amide bonds. The van der Waals surface area contributed by atoms with Gasteiger partial charge >= 0.3 is 0 Å². The number of hydrogen-bond donors (Lipinski definition) is 1. The third kappa shape index (κ3) is 2.69. The van der Waals surface area contributed by atoms with Crippen LogP contribution in [-0.2, 0) is 0 Å². The Bertz CT molecular complexity index is 380. The van der Waals surface area contributed by atoms with Crippen LogP contribution >= 0.6 is 0 Å². The fourth-order valence-electron chi connectivity index (χ4n) is 3.37. The third-order valence-electron chi connectivity index (χ3n) is 4.39.